The van der Waals surface area contributed by atoms with Gasteiger partial charge in [-0.2, -0.15) is 11.8 Å². The first-order valence-electron chi connectivity index (χ1n) is 5.56. The summed E-state index contributed by atoms with van der Waals surface area (Å²) in [4.78, 5) is 10.7. The van der Waals surface area contributed by atoms with Crippen molar-refractivity contribution in [3.05, 3.63) is 17.0 Å². The smallest absolute Gasteiger partial charge is 0.224 e. The Balaban J connectivity index is 2.16. The fourth-order valence-electron chi connectivity index (χ4n) is 1.85. The zero-order valence-electron chi connectivity index (χ0n) is 9.61. The van der Waals surface area contributed by atoms with Crippen molar-refractivity contribution in [2.24, 2.45) is 0 Å². The number of halogens is 1. The van der Waals surface area contributed by atoms with Gasteiger partial charge in [0.2, 0.25) is 5.28 Å². The van der Waals surface area contributed by atoms with E-state index in [1.165, 1.54) is 12.2 Å². The zero-order chi connectivity index (χ0) is 11.5. The van der Waals surface area contributed by atoms with E-state index in [0.29, 0.717) is 10.5 Å². The molecule has 1 aliphatic heterocycles. The molecule has 0 radical (unpaired) electrons. The normalized spacial score (nSPS) is 21.2. The molecule has 2 rings (SSSR count). The van der Waals surface area contributed by atoms with Crippen molar-refractivity contribution < 1.29 is 0 Å². The van der Waals surface area contributed by atoms with Crippen LogP contribution in [0.2, 0.25) is 5.28 Å². The van der Waals surface area contributed by atoms with Crippen LogP contribution in [0.25, 0.3) is 0 Å². The summed E-state index contributed by atoms with van der Waals surface area (Å²) in [5, 5.41) is 1.06. The average molecular weight is 258 g/mol. The Hall–Kier alpha value is -0.480. The highest BCUT2D eigenvalue weighted by atomic mass is 35.5. The van der Waals surface area contributed by atoms with Crippen molar-refractivity contribution in [1.29, 1.82) is 0 Å². The third-order valence-electron chi connectivity index (χ3n) is 2.73. The molecule has 5 heteroatoms. The van der Waals surface area contributed by atoms with Crippen molar-refractivity contribution in [1.82, 2.24) is 9.97 Å². The summed E-state index contributed by atoms with van der Waals surface area (Å²) >= 11 is 7.94. The standard InChI is InChI=1S/C11H16ClN3S/c1-3-9-7-15(4-5-16-9)10-6-8(2)13-11(12)14-10/h6,9H,3-5,7H2,1-2H3. The van der Waals surface area contributed by atoms with Gasteiger partial charge in [-0.15, -0.1) is 0 Å². The molecule has 1 fully saturated rings. The van der Waals surface area contributed by atoms with E-state index in [2.05, 4.69) is 33.6 Å². The molecular formula is C11H16ClN3S. The predicted molar refractivity (Wildman–Crippen MR) is 70.5 cm³/mol. The van der Waals surface area contributed by atoms with Gasteiger partial charge in [0.1, 0.15) is 5.82 Å². The van der Waals surface area contributed by atoms with Crippen molar-refractivity contribution in [3.63, 3.8) is 0 Å². The van der Waals surface area contributed by atoms with Gasteiger partial charge in [0.15, 0.2) is 0 Å². The average Bonchev–Trinajstić information content (AvgIpc) is 2.28. The topological polar surface area (TPSA) is 29.0 Å². The SMILES string of the molecule is CCC1CN(c2cc(C)nc(Cl)n2)CCS1. The number of thioether (sulfide) groups is 1. The minimum atomic E-state index is 0.348. The van der Waals surface area contributed by atoms with E-state index in [-0.39, 0.29) is 0 Å². The van der Waals surface area contributed by atoms with Crippen LogP contribution in [0.5, 0.6) is 0 Å². The van der Waals surface area contributed by atoms with Gasteiger partial charge in [-0.1, -0.05) is 6.92 Å². The number of nitrogens with zero attached hydrogens (tertiary/aromatic N) is 3. The van der Waals surface area contributed by atoms with Gasteiger partial charge in [0.25, 0.3) is 0 Å². The molecule has 0 amide bonds. The molecule has 0 bridgehead atoms. The summed E-state index contributed by atoms with van der Waals surface area (Å²) in [6.07, 6.45) is 1.21. The Bertz CT molecular complexity index is 352. The van der Waals surface area contributed by atoms with Crippen LogP contribution in [-0.2, 0) is 0 Å². The van der Waals surface area contributed by atoms with E-state index in [1.54, 1.807) is 0 Å². The zero-order valence-corrected chi connectivity index (χ0v) is 11.2. The highest BCUT2D eigenvalue weighted by Crippen LogP contribution is 2.25. The Labute approximate surface area is 106 Å². The first-order valence-corrected chi connectivity index (χ1v) is 6.99. The molecule has 3 nitrogen and oxygen atoms in total. The van der Waals surface area contributed by atoms with E-state index >= 15 is 0 Å². The van der Waals surface area contributed by atoms with Gasteiger partial charge in [-0.3, -0.25) is 0 Å². The van der Waals surface area contributed by atoms with Gasteiger partial charge >= 0.3 is 0 Å². The van der Waals surface area contributed by atoms with Crippen molar-refractivity contribution in [2.45, 2.75) is 25.5 Å². The molecule has 0 spiro atoms. The van der Waals surface area contributed by atoms with Gasteiger partial charge in [0, 0.05) is 35.9 Å². The lowest BCUT2D eigenvalue weighted by molar-refractivity contribution is 0.718. The van der Waals surface area contributed by atoms with Crippen molar-refractivity contribution >= 4 is 29.2 Å². The molecule has 16 heavy (non-hydrogen) atoms. The first kappa shape index (κ1) is 12.0. The molecule has 1 aliphatic rings. The molecule has 1 atom stereocenters. The lowest BCUT2D eigenvalue weighted by Gasteiger charge is -2.32. The van der Waals surface area contributed by atoms with Crippen molar-refractivity contribution in [2.75, 3.05) is 23.7 Å². The summed E-state index contributed by atoms with van der Waals surface area (Å²) in [5.41, 5.74) is 0.932. The monoisotopic (exact) mass is 257 g/mol. The number of hydrogen-bond acceptors (Lipinski definition) is 4. The summed E-state index contributed by atoms with van der Waals surface area (Å²) in [7, 11) is 0. The minimum absolute atomic E-state index is 0.348. The van der Waals surface area contributed by atoms with Crippen LogP contribution in [0.4, 0.5) is 5.82 Å². The third-order valence-corrected chi connectivity index (χ3v) is 4.27. The van der Waals surface area contributed by atoms with E-state index in [0.717, 1.165) is 24.6 Å². The Kier molecular flexibility index (Phi) is 3.92. The molecule has 2 heterocycles. The van der Waals surface area contributed by atoms with Crippen LogP contribution in [0.15, 0.2) is 6.07 Å². The number of hydrogen-bond donors (Lipinski definition) is 0. The fourth-order valence-corrected chi connectivity index (χ4v) is 3.25. The fraction of sp³-hybridized carbons (Fsp3) is 0.636. The number of aromatic nitrogens is 2. The molecule has 88 valence electrons. The van der Waals surface area contributed by atoms with Crippen LogP contribution in [0, 0.1) is 6.92 Å². The maximum Gasteiger partial charge on any atom is 0.224 e. The second-order valence-corrected chi connectivity index (χ2v) is 5.73. The summed E-state index contributed by atoms with van der Waals surface area (Å²) < 4.78 is 0. The molecule has 1 unspecified atom stereocenters. The van der Waals surface area contributed by atoms with Crippen molar-refractivity contribution in [3.8, 4) is 0 Å². The quantitative estimate of drug-likeness (QED) is 0.762. The molecule has 0 saturated carbocycles. The Morgan fingerprint density at radius 2 is 2.38 bits per heavy atom. The number of aryl methyl sites for hydroxylation is 1. The maximum absolute atomic E-state index is 5.89. The van der Waals surface area contributed by atoms with Gasteiger partial charge in [0.05, 0.1) is 0 Å². The molecule has 0 N–H and O–H groups in total. The molecular weight excluding hydrogens is 242 g/mol. The third kappa shape index (κ3) is 2.80. The predicted octanol–water partition coefficient (Wildman–Crippen LogP) is 2.77. The molecule has 1 aromatic rings. The van der Waals surface area contributed by atoms with Gasteiger partial charge in [-0.05, 0) is 24.9 Å². The van der Waals surface area contributed by atoms with Gasteiger partial charge in [-0.25, -0.2) is 9.97 Å². The van der Waals surface area contributed by atoms with E-state index in [1.807, 2.05) is 13.0 Å². The summed E-state index contributed by atoms with van der Waals surface area (Å²) in [5.74, 6) is 2.13. The second kappa shape index (κ2) is 5.23. The van der Waals surface area contributed by atoms with Crippen LogP contribution < -0.4 is 4.90 Å². The van der Waals surface area contributed by atoms with E-state index in [4.69, 9.17) is 11.6 Å². The lowest BCUT2D eigenvalue weighted by Crippen LogP contribution is -2.38. The molecule has 0 aromatic carbocycles. The van der Waals surface area contributed by atoms with E-state index in [9.17, 15) is 0 Å². The van der Waals surface area contributed by atoms with E-state index < -0.39 is 0 Å². The van der Waals surface area contributed by atoms with Crippen LogP contribution >= 0.6 is 23.4 Å². The largest absolute Gasteiger partial charge is 0.355 e. The highest BCUT2D eigenvalue weighted by molar-refractivity contribution is 8.00. The Morgan fingerprint density at radius 3 is 3.06 bits per heavy atom. The first-order chi connectivity index (χ1) is 7.69. The molecule has 0 aliphatic carbocycles. The second-order valence-electron chi connectivity index (χ2n) is 3.98. The van der Waals surface area contributed by atoms with Gasteiger partial charge < -0.3 is 4.90 Å². The highest BCUT2D eigenvalue weighted by Gasteiger charge is 2.20. The summed E-state index contributed by atoms with van der Waals surface area (Å²) in [6.45, 7) is 6.30. The van der Waals surface area contributed by atoms with Crippen LogP contribution in [-0.4, -0.2) is 34.1 Å². The molecule has 1 saturated heterocycles. The van der Waals surface area contributed by atoms with Crippen LogP contribution in [0.3, 0.4) is 0 Å². The minimum Gasteiger partial charge on any atom is -0.355 e. The number of rotatable bonds is 2. The van der Waals surface area contributed by atoms with Crippen LogP contribution in [0.1, 0.15) is 19.0 Å². The maximum atomic E-state index is 5.89. The Morgan fingerprint density at radius 1 is 1.56 bits per heavy atom. The lowest BCUT2D eigenvalue weighted by atomic mass is 10.3. The summed E-state index contributed by atoms with van der Waals surface area (Å²) in [6, 6.07) is 2.01. The molecule has 1 aromatic heterocycles. The number of anilines is 1.